The van der Waals surface area contributed by atoms with Crippen molar-refractivity contribution in [3.63, 3.8) is 0 Å². The number of ether oxygens (including phenoxy) is 1. The Morgan fingerprint density at radius 1 is 1.28 bits per heavy atom. The Morgan fingerprint density at radius 3 is 2.39 bits per heavy atom. The van der Waals surface area contributed by atoms with Gasteiger partial charge >= 0.3 is 6.18 Å². The molecule has 1 aromatic rings. The Hall–Kier alpha value is -0.810. The van der Waals surface area contributed by atoms with Crippen LogP contribution in [-0.2, 0) is 17.5 Å². The largest absolute Gasteiger partial charge is 0.419 e. The van der Waals surface area contributed by atoms with E-state index in [0.29, 0.717) is 12.2 Å². The van der Waals surface area contributed by atoms with Gasteiger partial charge in [0.2, 0.25) is 0 Å². The van der Waals surface area contributed by atoms with E-state index in [0.717, 1.165) is 6.07 Å². The van der Waals surface area contributed by atoms with E-state index in [2.05, 4.69) is 4.98 Å². The highest BCUT2D eigenvalue weighted by atomic mass is 35.5. The van der Waals surface area contributed by atoms with Crippen LogP contribution < -0.4 is 0 Å². The van der Waals surface area contributed by atoms with E-state index in [4.69, 9.17) is 16.3 Å². The number of hydrogen-bond acceptors (Lipinski definition) is 2. The predicted octanol–water partition coefficient (Wildman–Crippen LogP) is 4.32. The fourth-order valence-corrected chi connectivity index (χ4v) is 1.45. The molecule has 0 aromatic carbocycles. The minimum absolute atomic E-state index is 0.0350. The smallest absolute Gasteiger partial charge is 0.376 e. The van der Waals surface area contributed by atoms with Crippen LogP contribution in [0.4, 0.5) is 13.2 Å². The van der Waals surface area contributed by atoms with Gasteiger partial charge in [-0.15, -0.1) is 0 Å². The first-order chi connectivity index (χ1) is 8.09. The molecule has 0 aliphatic heterocycles. The molecule has 0 unspecified atom stereocenters. The maximum Gasteiger partial charge on any atom is 0.419 e. The molecule has 0 aliphatic carbocycles. The molecule has 0 fully saturated rings. The van der Waals surface area contributed by atoms with Gasteiger partial charge in [-0.25, -0.2) is 4.98 Å². The maximum absolute atomic E-state index is 12.6. The summed E-state index contributed by atoms with van der Waals surface area (Å²) in [5, 5.41) is -0.540. The molecule has 18 heavy (non-hydrogen) atoms. The molecule has 0 atom stereocenters. The lowest BCUT2D eigenvalue weighted by Crippen LogP contribution is -2.15. The third-order valence-corrected chi connectivity index (χ3v) is 2.31. The molecule has 0 bridgehead atoms. The van der Waals surface area contributed by atoms with Crippen molar-refractivity contribution in [2.75, 3.05) is 6.61 Å². The Bertz CT molecular complexity index is 413. The van der Waals surface area contributed by atoms with E-state index < -0.39 is 16.9 Å². The summed E-state index contributed by atoms with van der Waals surface area (Å²) in [7, 11) is 0. The van der Waals surface area contributed by atoms with Crippen molar-refractivity contribution in [1.82, 2.24) is 4.98 Å². The highest BCUT2D eigenvalue weighted by molar-refractivity contribution is 6.30. The highest BCUT2D eigenvalue weighted by Gasteiger charge is 2.34. The number of hydrogen-bond donors (Lipinski definition) is 0. The standard InChI is InChI=1S/C12H15ClF3NO/c1-11(2,3)7-18-6-8-4-9(12(14,15)16)10(13)17-5-8/h4-5H,6-7H2,1-3H3. The van der Waals surface area contributed by atoms with Crippen molar-refractivity contribution in [2.45, 2.75) is 33.6 Å². The van der Waals surface area contributed by atoms with E-state index in [9.17, 15) is 13.2 Å². The number of pyridine rings is 1. The average molecular weight is 282 g/mol. The van der Waals surface area contributed by atoms with Gasteiger partial charge in [0.1, 0.15) is 5.15 Å². The van der Waals surface area contributed by atoms with Gasteiger partial charge in [0, 0.05) is 6.20 Å². The Balaban J connectivity index is 2.74. The number of alkyl halides is 3. The zero-order valence-electron chi connectivity index (χ0n) is 10.4. The second kappa shape index (κ2) is 5.45. The lowest BCUT2D eigenvalue weighted by atomic mass is 9.99. The van der Waals surface area contributed by atoms with E-state index in [1.165, 1.54) is 6.20 Å². The molecule has 0 spiro atoms. The minimum atomic E-state index is -4.50. The lowest BCUT2D eigenvalue weighted by Gasteiger charge is -2.18. The van der Waals surface area contributed by atoms with Gasteiger partial charge < -0.3 is 4.74 Å². The summed E-state index contributed by atoms with van der Waals surface area (Å²) in [6.07, 6.45) is -3.20. The summed E-state index contributed by atoms with van der Waals surface area (Å²) in [6.45, 7) is 6.48. The molecule has 1 rings (SSSR count). The Morgan fingerprint density at radius 2 is 1.89 bits per heavy atom. The van der Waals surface area contributed by atoms with Crippen LogP contribution in [0.15, 0.2) is 12.3 Å². The fraction of sp³-hybridized carbons (Fsp3) is 0.583. The second-order valence-electron chi connectivity index (χ2n) is 5.23. The molecule has 6 heteroatoms. The molecular weight excluding hydrogens is 267 g/mol. The average Bonchev–Trinajstić information content (AvgIpc) is 2.17. The van der Waals surface area contributed by atoms with Crippen LogP contribution in [0.2, 0.25) is 5.15 Å². The maximum atomic E-state index is 12.6. The van der Waals surface area contributed by atoms with E-state index >= 15 is 0 Å². The second-order valence-corrected chi connectivity index (χ2v) is 5.59. The third-order valence-electron chi connectivity index (χ3n) is 2.00. The summed E-state index contributed by atoms with van der Waals surface area (Å²) >= 11 is 5.42. The van der Waals surface area contributed by atoms with Crippen molar-refractivity contribution in [1.29, 1.82) is 0 Å². The van der Waals surface area contributed by atoms with Crippen LogP contribution in [0.25, 0.3) is 0 Å². The summed E-state index contributed by atoms with van der Waals surface area (Å²) in [5.41, 5.74) is -0.607. The van der Waals surface area contributed by atoms with Crippen LogP contribution in [0.3, 0.4) is 0 Å². The van der Waals surface area contributed by atoms with Gasteiger partial charge in [-0.3, -0.25) is 0 Å². The van der Waals surface area contributed by atoms with Gasteiger partial charge in [0.05, 0.1) is 18.8 Å². The number of aromatic nitrogens is 1. The first-order valence-electron chi connectivity index (χ1n) is 5.39. The van der Waals surface area contributed by atoms with Crippen LogP contribution in [0.1, 0.15) is 31.9 Å². The van der Waals surface area contributed by atoms with Gasteiger partial charge in [-0.1, -0.05) is 32.4 Å². The Kier molecular flexibility index (Phi) is 4.61. The summed E-state index contributed by atoms with van der Waals surface area (Å²) in [4.78, 5) is 3.53. The van der Waals surface area contributed by atoms with Gasteiger partial charge in [-0.2, -0.15) is 13.2 Å². The number of halogens is 4. The van der Waals surface area contributed by atoms with Crippen molar-refractivity contribution < 1.29 is 17.9 Å². The minimum Gasteiger partial charge on any atom is -0.376 e. The molecule has 2 nitrogen and oxygen atoms in total. The summed E-state index contributed by atoms with van der Waals surface area (Å²) < 4.78 is 43.1. The molecular formula is C12H15ClF3NO. The SMILES string of the molecule is CC(C)(C)COCc1cnc(Cl)c(C(F)(F)F)c1. The molecule has 1 aromatic heterocycles. The van der Waals surface area contributed by atoms with Crippen molar-refractivity contribution in [2.24, 2.45) is 5.41 Å². The quantitative estimate of drug-likeness (QED) is 0.770. The predicted molar refractivity (Wildman–Crippen MR) is 63.4 cm³/mol. The molecule has 0 radical (unpaired) electrons. The van der Waals surface area contributed by atoms with E-state index in [-0.39, 0.29) is 12.0 Å². The molecule has 0 saturated heterocycles. The number of nitrogens with zero attached hydrogens (tertiary/aromatic N) is 1. The first-order valence-corrected chi connectivity index (χ1v) is 5.77. The van der Waals surface area contributed by atoms with Crippen molar-refractivity contribution >= 4 is 11.6 Å². The third kappa shape index (κ3) is 4.82. The topological polar surface area (TPSA) is 22.1 Å². The molecule has 0 N–H and O–H groups in total. The normalized spacial score (nSPS) is 12.8. The molecule has 1 heterocycles. The monoisotopic (exact) mass is 281 g/mol. The molecule has 0 amide bonds. The zero-order valence-corrected chi connectivity index (χ0v) is 11.2. The lowest BCUT2D eigenvalue weighted by molar-refractivity contribution is -0.137. The summed E-state index contributed by atoms with van der Waals surface area (Å²) in [5.74, 6) is 0. The number of rotatable bonds is 3. The zero-order chi connectivity index (χ0) is 14.0. The van der Waals surface area contributed by atoms with Crippen LogP contribution >= 0.6 is 11.6 Å². The van der Waals surface area contributed by atoms with Crippen molar-refractivity contribution in [3.8, 4) is 0 Å². The summed E-state index contributed by atoms with van der Waals surface area (Å²) in [6, 6.07) is 0.970. The Labute approximate surface area is 109 Å². The molecule has 102 valence electrons. The van der Waals surface area contributed by atoms with Gasteiger partial charge in [0.25, 0.3) is 0 Å². The van der Waals surface area contributed by atoms with Gasteiger partial charge in [-0.05, 0) is 17.0 Å². The highest BCUT2D eigenvalue weighted by Crippen LogP contribution is 2.34. The van der Waals surface area contributed by atoms with Crippen molar-refractivity contribution in [3.05, 3.63) is 28.5 Å². The van der Waals surface area contributed by atoms with Crippen LogP contribution in [-0.4, -0.2) is 11.6 Å². The first kappa shape index (κ1) is 15.2. The van der Waals surface area contributed by atoms with Crippen LogP contribution in [0, 0.1) is 5.41 Å². The molecule has 0 saturated carbocycles. The van der Waals surface area contributed by atoms with E-state index in [1.807, 2.05) is 20.8 Å². The van der Waals surface area contributed by atoms with Crippen LogP contribution in [0.5, 0.6) is 0 Å². The van der Waals surface area contributed by atoms with E-state index in [1.54, 1.807) is 0 Å². The van der Waals surface area contributed by atoms with Gasteiger partial charge in [0.15, 0.2) is 0 Å². The fourth-order valence-electron chi connectivity index (χ4n) is 1.24. The molecule has 0 aliphatic rings.